The van der Waals surface area contributed by atoms with Gasteiger partial charge in [-0.3, -0.25) is 0 Å². The van der Waals surface area contributed by atoms with Gasteiger partial charge in [-0.1, -0.05) is 25.7 Å². The van der Waals surface area contributed by atoms with Crippen LogP contribution in [-0.2, 0) is 4.74 Å². The van der Waals surface area contributed by atoms with E-state index >= 15 is 0 Å². The number of hydrogen-bond acceptors (Lipinski definition) is 4. The highest BCUT2D eigenvalue weighted by molar-refractivity contribution is 5.68. The molecule has 2 aliphatic carbocycles. The minimum Gasteiger partial charge on any atom is -0.444 e. The van der Waals surface area contributed by atoms with E-state index in [1.807, 2.05) is 20.8 Å². The lowest BCUT2D eigenvalue weighted by atomic mass is 9.94. The van der Waals surface area contributed by atoms with Crippen LogP contribution in [0, 0.1) is 0 Å². The average molecular weight is 326 g/mol. The van der Waals surface area contributed by atoms with Crippen molar-refractivity contribution in [2.24, 2.45) is 0 Å². The van der Waals surface area contributed by atoms with E-state index in [1.165, 1.54) is 12.8 Å². The summed E-state index contributed by atoms with van der Waals surface area (Å²) in [4.78, 5) is 11.8. The maximum atomic E-state index is 11.8. The summed E-state index contributed by atoms with van der Waals surface area (Å²) in [5.41, 5.74) is -0.990. The molecule has 0 spiro atoms. The first-order chi connectivity index (χ1) is 10.8. The lowest BCUT2D eigenvalue weighted by molar-refractivity contribution is 0.0227. The van der Waals surface area contributed by atoms with Gasteiger partial charge in [0.2, 0.25) is 0 Å². The Bertz CT molecular complexity index is 384. The van der Waals surface area contributed by atoms with Crippen LogP contribution in [0.4, 0.5) is 4.79 Å². The lowest BCUT2D eigenvalue weighted by Gasteiger charge is -2.29. The normalized spacial score (nSPS) is 28.2. The van der Waals surface area contributed by atoms with E-state index in [4.69, 9.17) is 4.74 Å². The minimum absolute atomic E-state index is 0.172. The number of rotatable bonds is 4. The maximum Gasteiger partial charge on any atom is 0.407 e. The molecule has 0 radical (unpaired) electrons. The zero-order chi connectivity index (χ0) is 16.9. The van der Waals surface area contributed by atoms with Crippen LogP contribution in [0.25, 0.3) is 0 Å². The Morgan fingerprint density at radius 3 is 2.35 bits per heavy atom. The summed E-state index contributed by atoms with van der Waals surface area (Å²) in [6.07, 6.45) is 9.16. The summed E-state index contributed by atoms with van der Waals surface area (Å²) in [5.74, 6) is 0. The Labute approximate surface area is 140 Å². The Morgan fingerprint density at radius 1 is 1.13 bits per heavy atom. The van der Waals surface area contributed by atoms with Crippen molar-refractivity contribution in [3.8, 4) is 0 Å². The molecule has 23 heavy (non-hydrogen) atoms. The molecule has 5 heteroatoms. The van der Waals surface area contributed by atoms with Gasteiger partial charge >= 0.3 is 6.09 Å². The quantitative estimate of drug-likeness (QED) is 0.694. The molecule has 134 valence electrons. The Kier molecular flexibility index (Phi) is 6.32. The monoisotopic (exact) mass is 326 g/mol. The molecule has 2 rings (SSSR count). The largest absolute Gasteiger partial charge is 0.444 e. The van der Waals surface area contributed by atoms with Crippen molar-refractivity contribution in [2.75, 3.05) is 6.54 Å². The zero-order valence-electron chi connectivity index (χ0n) is 15.0. The Balaban J connectivity index is 1.70. The van der Waals surface area contributed by atoms with Gasteiger partial charge in [-0.05, 0) is 52.9 Å². The number of amides is 1. The molecule has 2 atom stereocenters. The maximum absolute atomic E-state index is 11.8. The van der Waals surface area contributed by atoms with Crippen LogP contribution in [0.5, 0.6) is 0 Å². The van der Waals surface area contributed by atoms with Gasteiger partial charge in [0.1, 0.15) is 5.60 Å². The summed E-state index contributed by atoms with van der Waals surface area (Å²) in [6.45, 7) is 6.30. The Morgan fingerprint density at radius 2 is 1.74 bits per heavy atom. The van der Waals surface area contributed by atoms with E-state index in [-0.39, 0.29) is 12.1 Å². The smallest absolute Gasteiger partial charge is 0.407 e. The number of alkyl carbamates (subject to hydrolysis) is 1. The Hall–Kier alpha value is -0.810. The fraction of sp³-hybridized carbons (Fsp3) is 0.944. The fourth-order valence-electron chi connectivity index (χ4n) is 3.67. The van der Waals surface area contributed by atoms with Crippen molar-refractivity contribution in [3.05, 3.63) is 0 Å². The van der Waals surface area contributed by atoms with Gasteiger partial charge in [-0.2, -0.15) is 0 Å². The van der Waals surface area contributed by atoms with Gasteiger partial charge < -0.3 is 20.5 Å². The number of aliphatic hydroxyl groups is 1. The van der Waals surface area contributed by atoms with Crippen LogP contribution < -0.4 is 10.6 Å². The van der Waals surface area contributed by atoms with Gasteiger partial charge in [-0.25, -0.2) is 4.79 Å². The standard InChI is InChI=1S/C18H34N2O3/c1-17(2,3)23-16(21)20-15-9-8-14(12-15)19-13-18(22)10-6-4-5-7-11-18/h14-15,19,22H,4-13H2,1-3H3,(H,20,21). The van der Waals surface area contributed by atoms with Crippen LogP contribution >= 0.6 is 0 Å². The van der Waals surface area contributed by atoms with Crippen molar-refractivity contribution in [3.63, 3.8) is 0 Å². The second-order valence-electron chi connectivity index (χ2n) is 8.37. The second kappa shape index (κ2) is 7.84. The van der Waals surface area contributed by atoms with Gasteiger partial charge in [0.15, 0.2) is 0 Å². The highest BCUT2D eigenvalue weighted by atomic mass is 16.6. The zero-order valence-corrected chi connectivity index (χ0v) is 15.0. The van der Waals surface area contributed by atoms with Crippen LogP contribution in [-0.4, -0.2) is 41.0 Å². The van der Waals surface area contributed by atoms with Crippen LogP contribution in [0.15, 0.2) is 0 Å². The summed E-state index contributed by atoms with van der Waals surface area (Å²) >= 11 is 0. The van der Waals surface area contributed by atoms with E-state index in [0.29, 0.717) is 12.6 Å². The molecule has 5 nitrogen and oxygen atoms in total. The molecule has 3 N–H and O–H groups in total. The molecular weight excluding hydrogens is 292 g/mol. The molecule has 0 aromatic carbocycles. The lowest BCUT2D eigenvalue weighted by Crippen LogP contribution is -2.44. The van der Waals surface area contributed by atoms with E-state index in [1.54, 1.807) is 0 Å². The molecule has 0 aromatic rings. The van der Waals surface area contributed by atoms with Crippen LogP contribution in [0.3, 0.4) is 0 Å². The predicted octanol–water partition coefficient (Wildman–Crippen LogP) is 3.11. The van der Waals surface area contributed by atoms with Gasteiger partial charge in [0.25, 0.3) is 0 Å². The van der Waals surface area contributed by atoms with Gasteiger partial charge in [0.05, 0.1) is 5.60 Å². The molecule has 2 unspecified atom stereocenters. The SMILES string of the molecule is CC(C)(C)OC(=O)NC1CCC(NCC2(O)CCCCCC2)C1. The van der Waals surface area contributed by atoms with Crippen molar-refractivity contribution in [1.82, 2.24) is 10.6 Å². The van der Waals surface area contributed by atoms with Gasteiger partial charge in [0, 0.05) is 18.6 Å². The fourth-order valence-corrected chi connectivity index (χ4v) is 3.67. The average Bonchev–Trinajstić information content (AvgIpc) is 2.74. The van der Waals surface area contributed by atoms with Gasteiger partial charge in [-0.15, -0.1) is 0 Å². The number of carbonyl (C=O) groups is 1. The molecule has 0 saturated heterocycles. The third-order valence-electron chi connectivity index (χ3n) is 4.91. The number of ether oxygens (including phenoxy) is 1. The summed E-state index contributed by atoms with van der Waals surface area (Å²) < 4.78 is 5.31. The first-order valence-electron chi connectivity index (χ1n) is 9.21. The molecule has 2 aliphatic rings. The topological polar surface area (TPSA) is 70.6 Å². The number of nitrogens with one attached hydrogen (secondary N) is 2. The first-order valence-corrected chi connectivity index (χ1v) is 9.21. The van der Waals surface area contributed by atoms with Crippen LogP contribution in [0.2, 0.25) is 0 Å². The first kappa shape index (κ1) is 18.5. The molecule has 0 heterocycles. The van der Waals surface area contributed by atoms with E-state index < -0.39 is 11.2 Å². The third kappa shape index (κ3) is 6.68. The molecule has 0 bridgehead atoms. The number of hydrogen-bond donors (Lipinski definition) is 3. The van der Waals surface area contributed by atoms with Crippen molar-refractivity contribution in [1.29, 1.82) is 0 Å². The highest BCUT2D eigenvalue weighted by Crippen LogP contribution is 2.27. The summed E-state index contributed by atoms with van der Waals surface area (Å²) in [7, 11) is 0. The molecule has 0 aromatic heterocycles. The van der Waals surface area contributed by atoms with Crippen molar-refractivity contribution < 1.29 is 14.6 Å². The van der Waals surface area contributed by atoms with E-state index in [2.05, 4.69) is 10.6 Å². The third-order valence-corrected chi connectivity index (χ3v) is 4.91. The predicted molar refractivity (Wildman–Crippen MR) is 91.5 cm³/mol. The van der Waals surface area contributed by atoms with E-state index in [0.717, 1.165) is 44.9 Å². The number of carbonyl (C=O) groups excluding carboxylic acids is 1. The van der Waals surface area contributed by atoms with Crippen molar-refractivity contribution >= 4 is 6.09 Å². The highest BCUT2D eigenvalue weighted by Gasteiger charge is 2.31. The molecule has 2 fully saturated rings. The molecule has 2 saturated carbocycles. The molecular formula is C18H34N2O3. The van der Waals surface area contributed by atoms with E-state index in [9.17, 15) is 9.90 Å². The van der Waals surface area contributed by atoms with Crippen LogP contribution in [0.1, 0.15) is 78.6 Å². The summed E-state index contributed by atoms with van der Waals surface area (Å²) in [6, 6.07) is 0.549. The summed E-state index contributed by atoms with van der Waals surface area (Å²) in [5, 5.41) is 17.2. The minimum atomic E-state index is -0.535. The molecule has 1 amide bonds. The second-order valence-corrected chi connectivity index (χ2v) is 8.37. The van der Waals surface area contributed by atoms with Crippen molar-refractivity contribution in [2.45, 2.75) is 102 Å². The molecule has 0 aliphatic heterocycles.